The molecule has 0 aliphatic rings. The van der Waals surface area contributed by atoms with Crippen molar-refractivity contribution < 1.29 is 0 Å². The van der Waals surface area contributed by atoms with Gasteiger partial charge in [0.1, 0.15) is 6.07 Å². The summed E-state index contributed by atoms with van der Waals surface area (Å²) in [5.41, 5.74) is 11.1. The molecule has 48 heavy (non-hydrogen) atoms. The first-order valence-corrected chi connectivity index (χ1v) is 15.9. The van der Waals surface area contributed by atoms with Crippen LogP contribution in [0.5, 0.6) is 0 Å². The number of nitrogens with zero attached hydrogens (tertiary/aromatic N) is 4. The molecule has 0 spiro atoms. The Morgan fingerprint density at radius 2 is 0.938 bits per heavy atom. The van der Waals surface area contributed by atoms with Crippen LogP contribution in [-0.4, -0.2) is 9.13 Å². The molecule has 0 fully saturated rings. The molecule has 9 aromatic rings. The van der Waals surface area contributed by atoms with Gasteiger partial charge in [0.05, 0.1) is 45.0 Å². The maximum atomic E-state index is 10.5. The summed E-state index contributed by atoms with van der Waals surface area (Å²) in [6, 6.07) is 58.8. The Kier molecular flexibility index (Phi) is 6.22. The summed E-state index contributed by atoms with van der Waals surface area (Å²) in [5, 5.41) is 25.3. The van der Waals surface area contributed by atoms with E-state index in [1.54, 1.807) is 0 Å². The molecule has 0 saturated heterocycles. The van der Waals surface area contributed by atoms with Crippen LogP contribution in [-0.2, 0) is 0 Å². The Balaban J connectivity index is 1.32. The second-order valence-electron chi connectivity index (χ2n) is 11.9. The number of fused-ring (bicyclic) bond motifs is 6. The predicted octanol–water partition coefficient (Wildman–Crippen LogP) is 11.0. The van der Waals surface area contributed by atoms with Crippen LogP contribution in [0.4, 0.5) is 0 Å². The normalized spacial score (nSPS) is 11.3. The third-order valence-electron chi connectivity index (χ3n) is 9.41. The summed E-state index contributed by atoms with van der Waals surface area (Å²) in [5.74, 6) is 0. The van der Waals surface area contributed by atoms with E-state index in [0.717, 1.165) is 66.5 Å². The Morgan fingerprint density at radius 3 is 1.65 bits per heavy atom. The van der Waals surface area contributed by atoms with Crippen molar-refractivity contribution in [2.24, 2.45) is 0 Å². The molecule has 0 aliphatic carbocycles. The van der Waals surface area contributed by atoms with Crippen molar-refractivity contribution in [3.63, 3.8) is 0 Å². The quantitative estimate of drug-likeness (QED) is 0.199. The van der Waals surface area contributed by atoms with E-state index < -0.39 is 0 Å². The van der Waals surface area contributed by atoms with Gasteiger partial charge in [0.25, 0.3) is 0 Å². The number of rotatable bonds is 4. The average Bonchev–Trinajstić information content (AvgIpc) is 3.68. The van der Waals surface area contributed by atoms with E-state index in [1.807, 2.05) is 48.5 Å². The maximum Gasteiger partial charge on any atom is 0.101 e. The van der Waals surface area contributed by atoms with Crippen molar-refractivity contribution in [2.45, 2.75) is 0 Å². The van der Waals surface area contributed by atoms with Gasteiger partial charge in [-0.1, -0.05) is 109 Å². The fourth-order valence-corrected chi connectivity index (χ4v) is 7.43. The van der Waals surface area contributed by atoms with Crippen LogP contribution in [0.2, 0.25) is 0 Å². The van der Waals surface area contributed by atoms with Gasteiger partial charge in [-0.05, 0) is 59.7 Å². The predicted molar refractivity (Wildman–Crippen MR) is 195 cm³/mol. The molecule has 0 unspecified atom stereocenters. The van der Waals surface area contributed by atoms with Crippen molar-refractivity contribution in [3.8, 4) is 45.8 Å². The van der Waals surface area contributed by atoms with Gasteiger partial charge in [-0.15, -0.1) is 0 Å². The molecule has 7 aromatic carbocycles. The van der Waals surface area contributed by atoms with Gasteiger partial charge < -0.3 is 9.13 Å². The highest BCUT2D eigenvalue weighted by Gasteiger charge is 2.21. The molecular formula is C44H26N4. The van der Waals surface area contributed by atoms with E-state index >= 15 is 0 Å². The topological polar surface area (TPSA) is 57.4 Å². The second-order valence-corrected chi connectivity index (χ2v) is 11.9. The Bertz CT molecular complexity index is 2760. The molecule has 222 valence electrons. The molecule has 0 atom stereocenters. The van der Waals surface area contributed by atoms with Crippen molar-refractivity contribution in [2.75, 3.05) is 0 Å². The third kappa shape index (κ3) is 4.01. The van der Waals surface area contributed by atoms with Gasteiger partial charge >= 0.3 is 0 Å². The fraction of sp³-hybridized carbons (Fsp3) is 0. The molecule has 2 heterocycles. The lowest BCUT2D eigenvalue weighted by atomic mass is 9.89. The first kappa shape index (κ1) is 27.4. The highest BCUT2D eigenvalue weighted by molar-refractivity contribution is 6.12. The van der Waals surface area contributed by atoms with E-state index in [4.69, 9.17) is 0 Å². The van der Waals surface area contributed by atoms with Crippen LogP contribution in [0, 0.1) is 22.7 Å². The zero-order valence-corrected chi connectivity index (χ0v) is 25.8. The molecule has 0 radical (unpaired) electrons. The van der Waals surface area contributed by atoms with Crippen LogP contribution in [0.25, 0.3) is 77.2 Å². The van der Waals surface area contributed by atoms with Gasteiger partial charge in [0, 0.05) is 38.4 Å². The first-order chi connectivity index (χ1) is 23.8. The van der Waals surface area contributed by atoms with E-state index in [-0.39, 0.29) is 0 Å². The van der Waals surface area contributed by atoms with Gasteiger partial charge in [-0.3, -0.25) is 0 Å². The summed E-state index contributed by atoms with van der Waals surface area (Å²) >= 11 is 0. The molecule has 9 rings (SSSR count). The number of hydrogen-bond acceptors (Lipinski definition) is 2. The van der Waals surface area contributed by atoms with E-state index in [9.17, 15) is 10.5 Å². The average molecular weight is 611 g/mol. The molecular weight excluding hydrogens is 585 g/mol. The van der Waals surface area contributed by atoms with Crippen LogP contribution in [0.3, 0.4) is 0 Å². The molecule has 0 saturated carbocycles. The lowest BCUT2D eigenvalue weighted by Gasteiger charge is -2.19. The Morgan fingerprint density at radius 1 is 0.417 bits per heavy atom. The SMILES string of the molecule is N#Cc1cccc(-c2cccc(-n3c4ccccc4c4ccccc43)c2)c1-c1ccccc1-n1c2ccccc2c2cccc(C#N)c21. The summed E-state index contributed by atoms with van der Waals surface area (Å²) in [6.07, 6.45) is 0. The lowest BCUT2D eigenvalue weighted by Crippen LogP contribution is -2.01. The number of para-hydroxylation sites is 5. The summed E-state index contributed by atoms with van der Waals surface area (Å²) in [6.45, 7) is 0. The summed E-state index contributed by atoms with van der Waals surface area (Å²) in [4.78, 5) is 0. The molecule has 0 bridgehead atoms. The molecule has 0 N–H and O–H groups in total. The number of aromatic nitrogens is 2. The van der Waals surface area contributed by atoms with Crippen molar-refractivity contribution in [1.29, 1.82) is 10.5 Å². The molecule has 2 aromatic heterocycles. The van der Waals surface area contributed by atoms with Crippen molar-refractivity contribution >= 4 is 43.6 Å². The van der Waals surface area contributed by atoms with Crippen LogP contribution < -0.4 is 0 Å². The standard InChI is InChI=1S/C44H26N4/c45-27-30-13-10-20-33(29-12-9-15-32(26-29)47-39-22-5-1-16-34(39)35-17-2-6-23-40(35)47)43(30)38-19-4-8-25-42(38)48-41-24-7-3-18-36(41)37-21-11-14-31(28-46)44(37)48/h1-26H. The van der Waals surface area contributed by atoms with Gasteiger partial charge in [-0.2, -0.15) is 10.5 Å². The zero-order chi connectivity index (χ0) is 32.2. The van der Waals surface area contributed by atoms with Gasteiger partial charge in [0.15, 0.2) is 0 Å². The Labute approximate surface area is 277 Å². The van der Waals surface area contributed by atoms with E-state index in [1.165, 1.54) is 10.8 Å². The zero-order valence-electron chi connectivity index (χ0n) is 25.8. The van der Waals surface area contributed by atoms with Crippen LogP contribution in [0.1, 0.15) is 11.1 Å². The molecule has 4 nitrogen and oxygen atoms in total. The first-order valence-electron chi connectivity index (χ1n) is 15.9. The maximum absolute atomic E-state index is 10.5. The van der Waals surface area contributed by atoms with Crippen molar-refractivity contribution in [3.05, 3.63) is 169 Å². The number of benzene rings is 7. The Hall–Kier alpha value is -6.88. The minimum absolute atomic E-state index is 0.587. The number of nitriles is 2. The lowest BCUT2D eigenvalue weighted by molar-refractivity contribution is 1.17. The number of hydrogen-bond donors (Lipinski definition) is 0. The fourth-order valence-electron chi connectivity index (χ4n) is 7.43. The smallest absolute Gasteiger partial charge is 0.101 e. The van der Waals surface area contributed by atoms with Gasteiger partial charge in [-0.25, -0.2) is 0 Å². The molecule has 4 heteroatoms. The summed E-state index contributed by atoms with van der Waals surface area (Å²) in [7, 11) is 0. The molecule has 0 amide bonds. The van der Waals surface area contributed by atoms with Gasteiger partial charge in [0.2, 0.25) is 0 Å². The van der Waals surface area contributed by atoms with Crippen LogP contribution >= 0.6 is 0 Å². The van der Waals surface area contributed by atoms with E-state index in [0.29, 0.717) is 11.1 Å². The molecule has 0 aliphatic heterocycles. The van der Waals surface area contributed by atoms with Crippen LogP contribution in [0.15, 0.2) is 158 Å². The highest BCUT2D eigenvalue weighted by Crippen LogP contribution is 2.42. The summed E-state index contributed by atoms with van der Waals surface area (Å²) < 4.78 is 4.50. The largest absolute Gasteiger partial charge is 0.309 e. The highest BCUT2D eigenvalue weighted by atomic mass is 15.0. The monoisotopic (exact) mass is 610 g/mol. The second kappa shape index (κ2) is 10.9. The third-order valence-corrected chi connectivity index (χ3v) is 9.41. The minimum Gasteiger partial charge on any atom is -0.309 e. The van der Waals surface area contributed by atoms with E-state index in [2.05, 4.69) is 130 Å². The van der Waals surface area contributed by atoms with Crippen molar-refractivity contribution in [1.82, 2.24) is 9.13 Å². The minimum atomic E-state index is 0.587.